The first-order chi connectivity index (χ1) is 10.4. The van der Waals surface area contributed by atoms with Crippen molar-refractivity contribution in [2.24, 2.45) is 11.8 Å². The van der Waals surface area contributed by atoms with Crippen LogP contribution in [0.5, 0.6) is 0 Å². The number of carbonyl (C=O) groups is 1. The zero-order valence-corrected chi connectivity index (χ0v) is 12.8. The highest BCUT2D eigenvalue weighted by atomic mass is 32.2. The molecule has 1 fully saturated rings. The van der Waals surface area contributed by atoms with Crippen LogP contribution in [0, 0.1) is 11.8 Å². The van der Waals surface area contributed by atoms with Crippen LogP contribution in [-0.4, -0.2) is 41.9 Å². The van der Waals surface area contributed by atoms with Crippen molar-refractivity contribution in [2.75, 3.05) is 13.1 Å². The van der Waals surface area contributed by atoms with Crippen LogP contribution in [0.15, 0.2) is 41.4 Å². The van der Waals surface area contributed by atoms with Crippen molar-refractivity contribution in [2.45, 2.75) is 11.8 Å². The van der Waals surface area contributed by atoms with Crippen molar-refractivity contribution >= 4 is 26.9 Å². The maximum atomic E-state index is 12.7. The lowest BCUT2D eigenvalue weighted by Crippen LogP contribution is -2.30. The first-order valence-electron chi connectivity index (χ1n) is 6.97. The van der Waals surface area contributed by atoms with E-state index in [2.05, 4.69) is 4.98 Å². The molecule has 0 aliphatic carbocycles. The number of sulfonamides is 1. The lowest BCUT2D eigenvalue weighted by molar-refractivity contribution is -0.142. The molecule has 0 unspecified atom stereocenters. The minimum atomic E-state index is -3.69. The van der Waals surface area contributed by atoms with Crippen LogP contribution >= 0.6 is 0 Å². The Morgan fingerprint density at radius 2 is 2.09 bits per heavy atom. The lowest BCUT2D eigenvalue weighted by atomic mass is 9.99. The van der Waals surface area contributed by atoms with E-state index >= 15 is 0 Å². The van der Waals surface area contributed by atoms with Gasteiger partial charge >= 0.3 is 5.97 Å². The van der Waals surface area contributed by atoms with Gasteiger partial charge in [-0.15, -0.1) is 0 Å². The smallest absolute Gasteiger partial charge is 0.308 e. The monoisotopic (exact) mass is 320 g/mol. The van der Waals surface area contributed by atoms with Crippen molar-refractivity contribution in [1.82, 2.24) is 9.29 Å². The number of rotatable bonds is 3. The molecule has 116 valence electrons. The summed E-state index contributed by atoms with van der Waals surface area (Å²) >= 11 is 0. The number of pyridine rings is 1. The third-order valence-corrected chi connectivity index (χ3v) is 5.94. The first-order valence-corrected chi connectivity index (χ1v) is 8.41. The molecule has 0 amide bonds. The fourth-order valence-corrected chi connectivity index (χ4v) is 4.41. The topological polar surface area (TPSA) is 87.6 Å². The van der Waals surface area contributed by atoms with Crippen molar-refractivity contribution in [3.05, 3.63) is 36.5 Å². The van der Waals surface area contributed by atoms with Crippen LogP contribution in [0.2, 0.25) is 0 Å². The predicted molar refractivity (Wildman–Crippen MR) is 80.8 cm³/mol. The second kappa shape index (κ2) is 5.33. The van der Waals surface area contributed by atoms with Crippen LogP contribution in [-0.2, 0) is 14.8 Å². The van der Waals surface area contributed by atoms with E-state index in [0.29, 0.717) is 0 Å². The van der Waals surface area contributed by atoms with E-state index in [1.165, 1.54) is 10.4 Å². The summed E-state index contributed by atoms with van der Waals surface area (Å²) in [5.41, 5.74) is 0.722. The van der Waals surface area contributed by atoms with E-state index in [4.69, 9.17) is 5.11 Å². The number of aromatic nitrogens is 1. The molecule has 2 heterocycles. The largest absolute Gasteiger partial charge is 0.481 e. The molecule has 1 aliphatic heterocycles. The van der Waals surface area contributed by atoms with Gasteiger partial charge in [0.15, 0.2) is 0 Å². The van der Waals surface area contributed by atoms with E-state index in [1.807, 2.05) is 0 Å². The Morgan fingerprint density at radius 1 is 1.32 bits per heavy atom. The molecule has 22 heavy (non-hydrogen) atoms. The fraction of sp³-hybridized carbons (Fsp3) is 0.333. The molecule has 0 bridgehead atoms. The highest BCUT2D eigenvalue weighted by Gasteiger charge is 2.40. The van der Waals surface area contributed by atoms with E-state index in [9.17, 15) is 13.2 Å². The Kier molecular flexibility index (Phi) is 3.62. The van der Waals surface area contributed by atoms with Crippen LogP contribution in [0.4, 0.5) is 0 Å². The van der Waals surface area contributed by atoms with Gasteiger partial charge in [0.2, 0.25) is 10.0 Å². The molecule has 0 saturated carbocycles. The van der Waals surface area contributed by atoms with Gasteiger partial charge < -0.3 is 5.11 Å². The van der Waals surface area contributed by atoms with Gasteiger partial charge in [-0.25, -0.2) is 8.42 Å². The van der Waals surface area contributed by atoms with Crippen molar-refractivity contribution in [1.29, 1.82) is 0 Å². The summed E-state index contributed by atoms with van der Waals surface area (Å²) in [6.45, 7) is 2.01. The molecule has 2 aromatic rings. The molecule has 0 spiro atoms. The third-order valence-electron chi connectivity index (χ3n) is 4.11. The molecular weight excluding hydrogens is 304 g/mol. The second-order valence-corrected chi connectivity index (χ2v) is 7.54. The Balaban J connectivity index is 1.97. The normalized spacial score (nSPS) is 23.0. The summed E-state index contributed by atoms with van der Waals surface area (Å²) in [5, 5.41) is 9.89. The summed E-state index contributed by atoms with van der Waals surface area (Å²) < 4.78 is 26.7. The van der Waals surface area contributed by atoms with Gasteiger partial charge in [0.05, 0.1) is 16.3 Å². The second-order valence-electron chi connectivity index (χ2n) is 5.60. The molecule has 6 nitrogen and oxygen atoms in total. The SMILES string of the molecule is C[C@@H]1CN(S(=O)(=O)c2ccc3ncccc3c2)C[C@H]1C(=O)O. The maximum absolute atomic E-state index is 12.7. The van der Waals surface area contributed by atoms with Crippen molar-refractivity contribution in [3.8, 4) is 0 Å². The number of nitrogens with zero attached hydrogens (tertiary/aromatic N) is 2. The van der Waals surface area contributed by atoms with Gasteiger partial charge in [-0.3, -0.25) is 9.78 Å². The molecule has 3 rings (SSSR count). The molecule has 1 N–H and O–H groups in total. The Bertz CT molecular complexity index is 834. The molecule has 1 aromatic carbocycles. The van der Waals surface area contributed by atoms with E-state index < -0.39 is 21.9 Å². The van der Waals surface area contributed by atoms with Crippen LogP contribution in [0.25, 0.3) is 10.9 Å². The number of hydrogen-bond acceptors (Lipinski definition) is 4. The average molecular weight is 320 g/mol. The van der Waals surface area contributed by atoms with Gasteiger partial charge in [-0.2, -0.15) is 4.31 Å². The van der Waals surface area contributed by atoms with Crippen LogP contribution in [0.1, 0.15) is 6.92 Å². The summed E-state index contributed by atoms with van der Waals surface area (Å²) in [7, 11) is -3.69. The number of aliphatic carboxylic acids is 1. The summed E-state index contributed by atoms with van der Waals surface area (Å²) in [6, 6.07) is 8.31. The van der Waals surface area contributed by atoms with Crippen LogP contribution in [0.3, 0.4) is 0 Å². The van der Waals surface area contributed by atoms with Crippen LogP contribution < -0.4 is 0 Å². The van der Waals surface area contributed by atoms with Crippen molar-refractivity contribution in [3.63, 3.8) is 0 Å². The van der Waals surface area contributed by atoms with Gasteiger partial charge in [-0.1, -0.05) is 13.0 Å². The van der Waals surface area contributed by atoms with E-state index in [-0.39, 0.29) is 23.9 Å². The number of benzene rings is 1. The average Bonchev–Trinajstić information content (AvgIpc) is 2.89. The van der Waals surface area contributed by atoms with E-state index in [0.717, 1.165) is 10.9 Å². The molecule has 0 radical (unpaired) electrons. The molecule has 2 atom stereocenters. The zero-order valence-electron chi connectivity index (χ0n) is 12.0. The summed E-state index contributed by atoms with van der Waals surface area (Å²) in [5.74, 6) is -1.81. The highest BCUT2D eigenvalue weighted by Crippen LogP contribution is 2.29. The molecule has 1 saturated heterocycles. The number of fused-ring (bicyclic) bond motifs is 1. The van der Waals surface area contributed by atoms with Gasteiger partial charge in [0.25, 0.3) is 0 Å². The maximum Gasteiger partial charge on any atom is 0.308 e. The summed E-state index contributed by atoms with van der Waals surface area (Å²) in [4.78, 5) is 15.5. The Labute approximate surface area is 128 Å². The third kappa shape index (κ3) is 2.46. The molecule has 1 aliphatic rings. The minimum absolute atomic E-state index is 0.0178. The first kappa shape index (κ1) is 14.9. The molecule has 1 aromatic heterocycles. The predicted octanol–water partition coefficient (Wildman–Crippen LogP) is 1.58. The number of carboxylic acid groups (broad SMARTS) is 1. The number of hydrogen-bond donors (Lipinski definition) is 1. The number of carboxylic acids is 1. The standard InChI is InChI=1S/C15H16N2O4S/c1-10-8-17(9-13(10)15(18)19)22(20,21)12-4-5-14-11(7-12)3-2-6-16-14/h2-7,10,13H,8-9H2,1H3,(H,18,19)/t10-,13-/m1/s1. The highest BCUT2D eigenvalue weighted by molar-refractivity contribution is 7.89. The zero-order chi connectivity index (χ0) is 15.9. The molecular formula is C15H16N2O4S. The van der Waals surface area contributed by atoms with Gasteiger partial charge in [0, 0.05) is 24.7 Å². The van der Waals surface area contributed by atoms with E-state index in [1.54, 1.807) is 37.4 Å². The lowest BCUT2D eigenvalue weighted by Gasteiger charge is -2.16. The van der Waals surface area contributed by atoms with Gasteiger partial charge in [0.1, 0.15) is 0 Å². The molecule has 7 heteroatoms. The van der Waals surface area contributed by atoms with Gasteiger partial charge in [-0.05, 0) is 30.2 Å². The summed E-state index contributed by atoms with van der Waals surface area (Å²) in [6.07, 6.45) is 1.65. The Hall–Kier alpha value is -1.99. The Morgan fingerprint density at radius 3 is 2.77 bits per heavy atom. The minimum Gasteiger partial charge on any atom is -0.481 e. The quantitative estimate of drug-likeness (QED) is 0.927. The van der Waals surface area contributed by atoms with Crippen molar-refractivity contribution < 1.29 is 18.3 Å². The fourth-order valence-electron chi connectivity index (χ4n) is 2.80.